The largest absolute Gasteiger partial charge is 0.465 e. The minimum Gasteiger partial charge on any atom is -0.465 e. The fourth-order valence-corrected chi connectivity index (χ4v) is 1.87. The van der Waals surface area contributed by atoms with E-state index in [-0.39, 0.29) is 0 Å². The Morgan fingerprint density at radius 2 is 2.55 bits per heavy atom. The molecule has 2 rings (SSSR count). The molecule has 4 heteroatoms. The van der Waals surface area contributed by atoms with Gasteiger partial charge in [0, 0.05) is 12.6 Å². The first kappa shape index (κ1) is 6.91. The van der Waals surface area contributed by atoms with Crippen LogP contribution in [0.4, 0.5) is 4.79 Å². The van der Waals surface area contributed by atoms with Crippen LogP contribution in [0.1, 0.15) is 6.42 Å². The van der Waals surface area contributed by atoms with Crippen molar-refractivity contribution in [2.24, 2.45) is 11.8 Å². The van der Waals surface area contributed by atoms with Crippen LogP contribution in [0.15, 0.2) is 0 Å². The summed E-state index contributed by atoms with van der Waals surface area (Å²) in [6, 6.07) is 0.399. The number of hydrogen-bond donors (Lipinski definition) is 3. The molecule has 1 aliphatic carbocycles. The summed E-state index contributed by atoms with van der Waals surface area (Å²) in [4.78, 5) is 10.1. The minimum atomic E-state index is -0.920. The predicted molar refractivity (Wildman–Crippen MR) is 39.4 cm³/mol. The van der Waals surface area contributed by atoms with Crippen molar-refractivity contribution in [2.45, 2.75) is 12.5 Å². The summed E-state index contributed by atoms with van der Waals surface area (Å²) in [7, 11) is 0. The van der Waals surface area contributed by atoms with Gasteiger partial charge in [-0.3, -0.25) is 0 Å². The van der Waals surface area contributed by atoms with Crippen molar-refractivity contribution >= 4 is 6.09 Å². The average molecular weight is 156 g/mol. The molecule has 3 N–H and O–H groups in total. The maximum atomic E-state index is 10.1. The Kier molecular flexibility index (Phi) is 1.49. The highest BCUT2D eigenvalue weighted by Crippen LogP contribution is 2.44. The summed E-state index contributed by atoms with van der Waals surface area (Å²) >= 11 is 0. The molecule has 3 unspecified atom stereocenters. The van der Waals surface area contributed by atoms with Gasteiger partial charge in [0.15, 0.2) is 0 Å². The van der Waals surface area contributed by atoms with Gasteiger partial charge in [-0.2, -0.15) is 0 Å². The third-order valence-electron chi connectivity index (χ3n) is 2.61. The van der Waals surface area contributed by atoms with E-state index in [0.717, 1.165) is 18.4 Å². The van der Waals surface area contributed by atoms with Gasteiger partial charge in [-0.1, -0.05) is 0 Å². The van der Waals surface area contributed by atoms with Gasteiger partial charge >= 0.3 is 6.09 Å². The zero-order chi connectivity index (χ0) is 7.84. The Morgan fingerprint density at radius 1 is 1.73 bits per heavy atom. The molecule has 1 amide bonds. The van der Waals surface area contributed by atoms with Crippen molar-refractivity contribution in [3.8, 4) is 0 Å². The van der Waals surface area contributed by atoms with Gasteiger partial charge in [-0.05, 0) is 24.8 Å². The third kappa shape index (κ3) is 1.30. The first-order valence-corrected chi connectivity index (χ1v) is 3.97. The van der Waals surface area contributed by atoms with Crippen LogP contribution in [-0.4, -0.2) is 30.3 Å². The molecule has 0 spiro atoms. The van der Waals surface area contributed by atoms with Crippen molar-refractivity contribution in [3.63, 3.8) is 0 Å². The molecule has 0 aromatic rings. The van der Waals surface area contributed by atoms with E-state index in [2.05, 4.69) is 10.6 Å². The zero-order valence-corrected chi connectivity index (χ0v) is 6.21. The van der Waals surface area contributed by atoms with E-state index in [1.165, 1.54) is 6.42 Å². The lowest BCUT2D eigenvalue weighted by molar-refractivity contribution is 0.193. The van der Waals surface area contributed by atoms with Crippen LogP contribution in [0.5, 0.6) is 0 Å². The summed E-state index contributed by atoms with van der Waals surface area (Å²) in [6.07, 6.45) is 0.370. The molecule has 11 heavy (non-hydrogen) atoms. The number of amides is 1. The van der Waals surface area contributed by atoms with Gasteiger partial charge in [0.25, 0.3) is 0 Å². The summed E-state index contributed by atoms with van der Waals surface area (Å²) < 4.78 is 0. The molecule has 1 aliphatic heterocycles. The summed E-state index contributed by atoms with van der Waals surface area (Å²) in [5.41, 5.74) is 0. The number of carboxylic acid groups (broad SMARTS) is 1. The fraction of sp³-hybridized carbons (Fsp3) is 0.857. The van der Waals surface area contributed by atoms with Gasteiger partial charge in [0.1, 0.15) is 0 Å². The van der Waals surface area contributed by atoms with Crippen LogP contribution in [0.3, 0.4) is 0 Å². The molecule has 0 aromatic carbocycles. The molecular weight excluding hydrogens is 144 g/mol. The number of nitrogens with one attached hydrogen (secondary N) is 2. The number of piperidine rings is 1. The maximum Gasteiger partial charge on any atom is 0.404 e. The Bertz CT molecular complexity index is 183. The maximum absolute atomic E-state index is 10.1. The lowest BCUT2D eigenvalue weighted by atomic mass is 10.2. The molecule has 3 atom stereocenters. The molecule has 4 nitrogen and oxygen atoms in total. The lowest BCUT2D eigenvalue weighted by Crippen LogP contribution is -2.38. The normalized spacial score (nSPS) is 39.8. The van der Waals surface area contributed by atoms with Gasteiger partial charge < -0.3 is 15.7 Å². The van der Waals surface area contributed by atoms with E-state index in [1.54, 1.807) is 0 Å². The van der Waals surface area contributed by atoms with Crippen LogP contribution in [0, 0.1) is 11.8 Å². The standard InChI is InChI=1S/C7H12N2O2/c10-7(11)9-3-6-5-1-4(5)2-8-6/h4-6,8-9H,1-3H2,(H,10,11). The van der Waals surface area contributed by atoms with Crippen LogP contribution >= 0.6 is 0 Å². The first-order valence-electron chi connectivity index (χ1n) is 3.97. The second kappa shape index (κ2) is 2.37. The number of hydrogen-bond acceptors (Lipinski definition) is 2. The first-order chi connectivity index (χ1) is 5.27. The highest BCUT2D eigenvalue weighted by molar-refractivity contribution is 5.64. The summed E-state index contributed by atoms with van der Waals surface area (Å²) in [5.74, 6) is 1.59. The van der Waals surface area contributed by atoms with Gasteiger partial charge in [0.05, 0.1) is 0 Å². The van der Waals surface area contributed by atoms with E-state index in [9.17, 15) is 4.79 Å². The van der Waals surface area contributed by atoms with Gasteiger partial charge in [0.2, 0.25) is 0 Å². The molecule has 1 saturated heterocycles. The van der Waals surface area contributed by atoms with E-state index in [1.807, 2.05) is 0 Å². The SMILES string of the molecule is O=C(O)NCC1NCC2CC21. The minimum absolute atomic E-state index is 0.399. The topological polar surface area (TPSA) is 61.4 Å². The van der Waals surface area contributed by atoms with Crippen molar-refractivity contribution < 1.29 is 9.90 Å². The lowest BCUT2D eigenvalue weighted by Gasteiger charge is -2.11. The van der Waals surface area contributed by atoms with E-state index in [4.69, 9.17) is 5.11 Å². The van der Waals surface area contributed by atoms with Crippen molar-refractivity contribution in [3.05, 3.63) is 0 Å². The van der Waals surface area contributed by atoms with Crippen molar-refractivity contribution in [2.75, 3.05) is 13.1 Å². The molecular formula is C7H12N2O2. The predicted octanol–water partition coefficient (Wildman–Crippen LogP) is -0.138. The Hall–Kier alpha value is -0.770. The average Bonchev–Trinajstić information content (AvgIpc) is 2.62. The highest BCUT2D eigenvalue weighted by Gasteiger charge is 2.47. The molecule has 1 saturated carbocycles. The number of rotatable bonds is 2. The van der Waals surface area contributed by atoms with Gasteiger partial charge in [-0.15, -0.1) is 0 Å². The van der Waals surface area contributed by atoms with Crippen molar-refractivity contribution in [1.82, 2.24) is 10.6 Å². The quantitative estimate of drug-likeness (QED) is 0.521. The Morgan fingerprint density at radius 3 is 3.00 bits per heavy atom. The second-order valence-corrected chi connectivity index (χ2v) is 3.36. The molecule has 0 radical (unpaired) electrons. The summed E-state index contributed by atoms with van der Waals surface area (Å²) in [5, 5.41) is 14.0. The second-order valence-electron chi connectivity index (χ2n) is 3.36. The molecule has 1 heterocycles. The smallest absolute Gasteiger partial charge is 0.404 e. The number of carbonyl (C=O) groups is 1. The van der Waals surface area contributed by atoms with E-state index < -0.39 is 6.09 Å². The highest BCUT2D eigenvalue weighted by atomic mass is 16.4. The summed E-state index contributed by atoms with van der Waals surface area (Å²) in [6.45, 7) is 1.65. The molecule has 0 aromatic heterocycles. The van der Waals surface area contributed by atoms with Gasteiger partial charge in [-0.25, -0.2) is 4.79 Å². The molecule has 2 fully saturated rings. The van der Waals surface area contributed by atoms with Crippen molar-refractivity contribution in [1.29, 1.82) is 0 Å². The third-order valence-corrected chi connectivity index (χ3v) is 2.61. The number of fused-ring (bicyclic) bond motifs is 1. The van der Waals surface area contributed by atoms with E-state index in [0.29, 0.717) is 12.6 Å². The van der Waals surface area contributed by atoms with Crippen LogP contribution in [0.2, 0.25) is 0 Å². The van der Waals surface area contributed by atoms with Crippen LogP contribution in [-0.2, 0) is 0 Å². The van der Waals surface area contributed by atoms with Crippen LogP contribution in [0.25, 0.3) is 0 Å². The molecule has 0 bridgehead atoms. The Balaban J connectivity index is 1.74. The molecule has 62 valence electrons. The Labute approximate surface area is 65.0 Å². The van der Waals surface area contributed by atoms with Crippen LogP contribution < -0.4 is 10.6 Å². The monoisotopic (exact) mass is 156 g/mol. The fourth-order valence-electron chi connectivity index (χ4n) is 1.87. The van der Waals surface area contributed by atoms with E-state index >= 15 is 0 Å². The zero-order valence-electron chi connectivity index (χ0n) is 6.21. The molecule has 2 aliphatic rings.